The standard InChI is InChI=1S/C38H40F2N4O5/c1-37(2,3)48-33(45)22-47-35-24(20-41)8-7-9-29(35)23-10-11-32-30(18-23)34(31(21-42-32)25-16-26(39)19-27(40)17-25)44-14-12-28(13-15-44)43-36(46)49-38(4,5)6/h7-11,16-19,21,28H,12-15,22H2,1-6H3,(H,43,46). The number of para-hydroxylation sites is 1. The molecule has 0 aliphatic carbocycles. The number of carbonyl (C=O) groups is 2. The van der Waals surface area contributed by atoms with Crippen molar-refractivity contribution in [3.63, 3.8) is 0 Å². The van der Waals surface area contributed by atoms with E-state index in [0.29, 0.717) is 59.1 Å². The maximum atomic E-state index is 14.5. The van der Waals surface area contributed by atoms with Gasteiger partial charge in [-0.3, -0.25) is 4.98 Å². The van der Waals surface area contributed by atoms with E-state index in [1.165, 1.54) is 12.1 Å². The number of fused-ring (bicyclic) bond motifs is 1. The molecule has 0 spiro atoms. The van der Waals surface area contributed by atoms with Crippen LogP contribution in [0.25, 0.3) is 33.2 Å². The van der Waals surface area contributed by atoms with Crippen molar-refractivity contribution < 1.29 is 32.6 Å². The maximum absolute atomic E-state index is 14.5. The van der Waals surface area contributed by atoms with Crippen LogP contribution in [0.5, 0.6) is 5.75 Å². The summed E-state index contributed by atoms with van der Waals surface area (Å²) in [4.78, 5) is 31.8. The van der Waals surface area contributed by atoms with Gasteiger partial charge in [-0.25, -0.2) is 18.4 Å². The van der Waals surface area contributed by atoms with Crippen molar-refractivity contribution in [2.75, 3.05) is 24.6 Å². The zero-order valence-electron chi connectivity index (χ0n) is 28.5. The van der Waals surface area contributed by atoms with Crippen LogP contribution in [0.1, 0.15) is 59.9 Å². The van der Waals surface area contributed by atoms with Crippen molar-refractivity contribution in [2.45, 2.75) is 71.6 Å². The molecule has 1 N–H and O–H groups in total. The maximum Gasteiger partial charge on any atom is 0.407 e. The molecule has 256 valence electrons. The predicted octanol–water partition coefficient (Wildman–Crippen LogP) is 7.93. The molecule has 0 unspecified atom stereocenters. The van der Waals surface area contributed by atoms with E-state index >= 15 is 0 Å². The van der Waals surface area contributed by atoms with Crippen LogP contribution in [0.3, 0.4) is 0 Å². The van der Waals surface area contributed by atoms with Crippen molar-refractivity contribution in [1.82, 2.24) is 10.3 Å². The van der Waals surface area contributed by atoms with Gasteiger partial charge in [-0.2, -0.15) is 5.26 Å². The topological polar surface area (TPSA) is 114 Å². The first-order valence-electron chi connectivity index (χ1n) is 16.1. The van der Waals surface area contributed by atoms with Crippen molar-refractivity contribution in [3.05, 3.63) is 78.0 Å². The predicted molar refractivity (Wildman–Crippen MR) is 183 cm³/mol. The lowest BCUT2D eigenvalue weighted by Gasteiger charge is -2.36. The first kappa shape index (κ1) is 35.1. The third-order valence-electron chi connectivity index (χ3n) is 7.75. The number of nitriles is 1. The van der Waals surface area contributed by atoms with Crippen molar-refractivity contribution in [1.29, 1.82) is 5.26 Å². The molecule has 0 radical (unpaired) electrons. The Hall–Kier alpha value is -5.24. The molecule has 1 fully saturated rings. The summed E-state index contributed by atoms with van der Waals surface area (Å²) in [6.45, 7) is 11.4. The number of halogens is 2. The number of pyridine rings is 1. The Morgan fingerprint density at radius 3 is 2.22 bits per heavy atom. The zero-order chi connectivity index (χ0) is 35.5. The van der Waals surface area contributed by atoms with Crippen LogP contribution in [0.4, 0.5) is 19.3 Å². The average Bonchev–Trinajstić information content (AvgIpc) is 3.01. The van der Waals surface area contributed by atoms with Crippen LogP contribution in [-0.4, -0.2) is 54.0 Å². The quantitative estimate of drug-likeness (QED) is 0.197. The van der Waals surface area contributed by atoms with Gasteiger partial charge in [0.1, 0.15) is 34.7 Å². The largest absolute Gasteiger partial charge is 0.480 e. The molecule has 1 saturated heterocycles. The molecule has 9 nitrogen and oxygen atoms in total. The minimum Gasteiger partial charge on any atom is -0.480 e. The molecule has 1 amide bonds. The SMILES string of the molecule is CC(C)(C)OC(=O)COc1c(C#N)cccc1-c1ccc2ncc(-c3cc(F)cc(F)c3)c(N3CCC(NC(=O)OC(C)(C)C)CC3)c2c1. The van der Waals surface area contributed by atoms with E-state index in [9.17, 15) is 23.6 Å². The number of alkyl carbamates (subject to hydrolysis) is 1. The van der Waals surface area contributed by atoms with Gasteiger partial charge in [0.15, 0.2) is 6.61 Å². The van der Waals surface area contributed by atoms with Crippen molar-refractivity contribution in [3.8, 4) is 34.1 Å². The molecule has 1 aliphatic heterocycles. The third-order valence-corrected chi connectivity index (χ3v) is 7.75. The van der Waals surface area contributed by atoms with E-state index in [4.69, 9.17) is 14.2 Å². The molecule has 3 aromatic carbocycles. The molecule has 4 aromatic rings. The molecule has 1 aromatic heterocycles. The lowest BCUT2D eigenvalue weighted by atomic mass is 9.95. The lowest BCUT2D eigenvalue weighted by molar-refractivity contribution is -0.157. The van der Waals surface area contributed by atoms with Crippen molar-refractivity contribution in [2.24, 2.45) is 0 Å². The van der Waals surface area contributed by atoms with Gasteiger partial charge < -0.3 is 24.4 Å². The number of ether oxygens (including phenoxy) is 3. The number of hydrogen-bond donors (Lipinski definition) is 1. The molecule has 1 aliphatic rings. The highest BCUT2D eigenvalue weighted by Gasteiger charge is 2.27. The minimum absolute atomic E-state index is 0.122. The van der Waals surface area contributed by atoms with Gasteiger partial charge in [-0.1, -0.05) is 18.2 Å². The molecule has 5 rings (SSSR count). The number of carbonyl (C=O) groups excluding carboxylic acids is 2. The average molecular weight is 671 g/mol. The summed E-state index contributed by atoms with van der Waals surface area (Å²) in [5.74, 6) is -1.78. The fourth-order valence-electron chi connectivity index (χ4n) is 5.84. The number of aromatic nitrogens is 1. The Bertz CT molecular complexity index is 1900. The smallest absolute Gasteiger partial charge is 0.407 e. The highest BCUT2D eigenvalue weighted by molar-refractivity contribution is 6.02. The first-order chi connectivity index (χ1) is 23.1. The fraction of sp³-hybridized carbons (Fsp3) is 0.368. The number of nitrogens with one attached hydrogen (secondary N) is 1. The summed E-state index contributed by atoms with van der Waals surface area (Å²) in [6.07, 6.45) is 2.34. The number of piperidine rings is 1. The highest BCUT2D eigenvalue weighted by Crippen LogP contribution is 2.41. The van der Waals surface area contributed by atoms with Gasteiger partial charge >= 0.3 is 12.1 Å². The Labute approximate surface area is 284 Å². The number of amides is 1. The normalized spacial score (nSPS) is 13.9. The molecule has 11 heteroatoms. The lowest BCUT2D eigenvalue weighted by Crippen LogP contribution is -2.46. The van der Waals surface area contributed by atoms with E-state index in [-0.39, 0.29) is 17.4 Å². The van der Waals surface area contributed by atoms with Gasteiger partial charge in [0, 0.05) is 47.9 Å². The van der Waals surface area contributed by atoms with Crippen LogP contribution in [0.15, 0.2) is 60.8 Å². The second kappa shape index (κ2) is 14.1. The van der Waals surface area contributed by atoms with Crippen LogP contribution in [0.2, 0.25) is 0 Å². The molecular weight excluding hydrogens is 630 g/mol. The number of anilines is 1. The number of benzene rings is 3. The van der Waals surface area contributed by atoms with Gasteiger partial charge in [0.2, 0.25) is 0 Å². The minimum atomic E-state index is -0.713. The summed E-state index contributed by atoms with van der Waals surface area (Å²) in [5.41, 5.74) is 2.38. The third kappa shape index (κ3) is 8.82. The van der Waals surface area contributed by atoms with Crippen LogP contribution in [-0.2, 0) is 14.3 Å². The Kier molecular flexibility index (Phi) is 10.1. The fourth-order valence-corrected chi connectivity index (χ4v) is 5.84. The Morgan fingerprint density at radius 1 is 0.918 bits per heavy atom. The number of hydrogen-bond acceptors (Lipinski definition) is 8. The Balaban J connectivity index is 1.56. The van der Waals surface area contributed by atoms with E-state index in [1.54, 1.807) is 65.9 Å². The van der Waals surface area contributed by atoms with Crippen LogP contribution in [0, 0.1) is 23.0 Å². The van der Waals surface area contributed by atoms with E-state index in [0.717, 1.165) is 11.8 Å². The number of rotatable bonds is 7. The molecule has 0 bridgehead atoms. The Morgan fingerprint density at radius 2 is 1.59 bits per heavy atom. The first-order valence-corrected chi connectivity index (χ1v) is 16.1. The molecule has 49 heavy (non-hydrogen) atoms. The summed E-state index contributed by atoms with van der Waals surface area (Å²) in [7, 11) is 0. The van der Waals surface area contributed by atoms with E-state index < -0.39 is 41.5 Å². The second-order valence-corrected chi connectivity index (χ2v) is 14.0. The van der Waals surface area contributed by atoms with Gasteiger partial charge in [0.05, 0.1) is 16.8 Å². The highest BCUT2D eigenvalue weighted by atomic mass is 19.1. The van der Waals surface area contributed by atoms with E-state index in [1.807, 2.05) is 18.2 Å². The summed E-state index contributed by atoms with van der Waals surface area (Å²) in [5, 5.41) is 13.6. The van der Waals surface area contributed by atoms with E-state index in [2.05, 4.69) is 21.3 Å². The number of esters is 1. The van der Waals surface area contributed by atoms with Gasteiger partial charge in [0.25, 0.3) is 0 Å². The molecule has 0 saturated carbocycles. The van der Waals surface area contributed by atoms with Gasteiger partial charge in [-0.15, -0.1) is 0 Å². The monoisotopic (exact) mass is 670 g/mol. The summed E-state index contributed by atoms with van der Waals surface area (Å²) in [6, 6.07) is 16.1. The van der Waals surface area contributed by atoms with Crippen molar-refractivity contribution >= 4 is 28.7 Å². The molecule has 2 heterocycles. The van der Waals surface area contributed by atoms with Crippen LogP contribution < -0.4 is 15.0 Å². The van der Waals surface area contributed by atoms with Gasteiger partial charge in [-0.05, 0) is 95.8 Å². The summed E-state index contributed by atoms with van der Waals surface area (Å²) < 4.78 is 45.8. The molecule has 0 atom stereocenters. The second-order valence-electron chi connectivity index (χ2n) is 14.0. The zero-order valence-corrected chi connectivity index (χ0v) is 28.5. The molecular formula is C38H40F2N4O5. The number of nitrogens with zero attached hydrogens (tertiary/aromatic N) is 3. The summed E-state index contributed by atoms with van der Waals surface area (Å²) >= 11 is 0. The van der Waals surface area contributed by atoms with Crippen LogP contribution >= 0.6 is 0 Å².